The smallest absolute Gasteiger partial charge is 0.136 e. The van der Waals surface area contributed by atoms with Crippen molar-refractivity contribution in [1.82, 2.24) is 4.98 Å². The molecule has 3 rings (SSSR count). The minimum absolute atomic E-state index is 0.0332. The molecule has 0 fully saturated rings. The molecular weight excluding hydrogens is 248 g/mol. The lowest BCUT2D eigenvalue weighted by Crippen LogP contribution is -2.04. The average Bonchev–Trinajstić information content (AvgIpc) is 2.48. The van der Waals surface area contributed by atoms with Gasteiger partial charge in [-0.15, -0.1) is 0 Å². The minimum Gasteiger partial charge on any atom is -0.457 e. The molecule has 2 aromatic carbocycles. The van der Waals surface area contributed by atoms with Gasteiger partial charge in [0, 0.05) is 17.6 Å². The van der Waals surface area contributed by atoms with Crippen molar-refractivity contribution in [2.75, 3.05) is 0 Å². The molecule has 0 aliphatic heterocycles. The van der Waals surface area contributed by atoms with Gasteiger partial charge < -0.3 is 10.5 Å². The maximum absolute atomic E-state index is 5.95. The standard InChI is InChI=1S/C17H16N2O/c1-12(18)13-7-9-14(10-8-13)20-17-6-2-5-16-15(17)4-3-11-19-16/h2-12H,18H2,1H3/t12-/m1/s1. The average molecular weight is 264 g/mol. The van der Waals surface area contributed by atoms with Crippen LogP contribution in [0, 0.1) is 0 Å². The molecule has 3 nitrogen and oxygen atoms in total. The lowest BCUT2D eigenvalue weighted by atomic mass is 10.1. The second kappa shape index (κ2) is 5.31. The van der Waals surface area contributed by atoms with Crippen molar-refractivity contribution in [2.24, 2.45) is 5.73 Å². The van der Waals surface area contributed by atoms with Crippen molar-refractivity contribution in [1.29, 1.82) is 0 Å². The van der Waals surface area contributed by atoms with Crippen LogP contribution in [0.15, 0.2) is 60.8 Å². The molecule has 0 radical (unpaired) electrons. The molecule has 0 spiro atoms. The number of hydrogen-bond donors (Lipinski definition) is 1. The Morgan fingerprint density at radius 3 is 2.55 bits per heavy atom. The van der Waals surface area contributed by atoms with Crippen LogP contribution in [0.4, 0.5) is 0 Å². The van der Waals surface area contributed by atoms with Crippen LogP contribution in [0.1, 0.15) is 18.5 Å². The van der Waals surface area contributed by atoms with E-state index in [0.29, 0.717) is 0 Å². The lowest BCUT2D eigenvalue weighted by molar-refractivity contribution is 0.488. The Morgan fingerprint density at radius 1 is 1.00 bits per heavy atom. The largest absolute Gasteiger partial charge is 0.457 e. The van der Waals surface area contributed by atoms with Gasteiger partial charge in [-0.2, -0.15) is 0 Å². The third-order valence-corrected chi connectivity index (χ3v) is 3.24. The SMILES string of the molecule is C[C@@H](N)c1ccc(Oc2cccc3ncccc23)cc1. The molecule has 1 atom stereocenters. The number of nitrogens with zero attached hydrogens (tertiary/aromatic N) is 1. The maximum Gasteiger partial charge on any atom is 0.136 e. The highest BCUT2D eigenvalue weighted by Gasteiger charge is 2.04. The van der Waals surface area contributed by atoms with Crippen LogP contribution in [-0.4, -0.2) is 4.98 Å². The number of rotatable bonds is 3. The summed E-state index contributed by atoms with van der Waals surface area (Å²) >= 11 is 0. The molecule has 0 saturated carbocycles. The maximum atomic E-state index is 5.95. The first-order valence-electron chi connectivity index (χ1n) is 6.61. The second-order valence-electron chi connectivity index (χ2n) is 4.79. The van der Waals surface area contributed by atoms with E-state index in [1.807, 2.05) is 61.5 Å². The summed E-state index contributed by atoms with van der Waals surface area (Å²) in [7, 11) is 0. The molecule has 20 heavy (non-hydrogen) atoms. The van der Waals surface area contributed by atoms with Gasteiger partial charge in [0.1, 0.15) is 11.5 Å². The van der Waals surface area contributed by atoms with E-state index in [9.17, 15) is 0 Å². The molecule has 3 heteroatoms. The summed E-state index contributed by atoms with van der Waals surface area (Å²) in [6, 6.07) is 17.7. The Morgan fingerprint density at radius 2 is 1.80 bits per heavy atom. The molecule has 0 aliphatic rings. The number of nitrogens with two attached hydrogens (primary N) is 1. The van der Waals surface area contributed by atoms with Crippen molar-refractivity contribution >= 4 is 10.9 Å². The summed E-state index contributed by atoms with van der Waals surface area (Å²) in [4.78, 5) is 4.32. The quantitative estimate of drug-likeness (QED) is 0.776. The highest BCUT2D eigenvalue weighted by molar-refractivity contribution is 5.85. The van der Waals surface area contributed by atoms with E-state index in [0.717, 1.165) is 28.0 Å². The molecule has 0 bridgehead atoms. The normalized spacial score (nSPS) is 12.3. The van der Waals surface area contributed by atoms with Gasteiger partial charge in [-0.05, 0) is 48.9 Å². The van der Waals surface area contributed by atoms with Gasteiger partial charge >= 0.3 is 0 Å². The highest BCUT2D eigenvalue weighted by Crippen LogP contribution is 2.29. The van der Waals surface area contributed by atoms with Gasteiger partial charge in [0.25, 0.3) is 0 Å². The summed E-state index contributed by atoms with van der Waals surface area (Å²) in [5, 5.41) is 1.01. The monoisotopic (exact) mass is 264 g/mol. The number of benzene rings is 2. The second-order valence-corrected chi connectivity index (χ2v) is 4.79. The van der Waals surface area contributed by atoms with Crippen molar-refractivity contribution in [3.63, 3.8) is 0 Å². The van der Waals surface area contributed by atoms with Crippen LogP contribution in [0.5, 0.6) is 11.5 Å². The van der Waals surface area contributed by atoms with Crippen LogP contribution >= 0.6 is 0 Å². The van der Waals surface area contributed by atoms with Gasteiger partial charge in [0.05, 0.1) is 5.52 Å². The zero-order valence-corrected chi connectivity index (χ0v) is 11.3. The summed E-state index contributed by atoms with van der Waals surface area (Å²) < 4.78 is 5.95. The van der Waals surface area contributed by atoms with Gasteiger partial charge in [-0.25, -0.2) is 0 Å². The molecule has 0 aliphatic carbocycles. The van der Waals surface area contributed by atoms with Gasteiger partial charge in [0.15, 0.2) is 0 Å². The first kappa shape index (κ1) is 12.6. The van der Waals surface area contributed by atoms with Crippen molar-refractivity contribution in [3.05, 3.63) is 66.4 Å². The van der Waals surface area contributed by atoms with Crippen LogP contribution < -0.4 is 10.5 Å². The number of aromatic nitrogens is 1. The zero-order chi connectivity index (χ0) is 13.9. The van der Waals surface area contributed by atoms with Gasteiger partial charge in [0.2, 0.25) is 0 Å². The Kier molecular flexibility index (Phi) is 3.35. The molecule has 0 amide bonds. The third kappa shape index (κ3) is 2.49. The van der Waals surface area contributed by atoms with Crippen molar-refractivity contribution in [3.8, 4) is 11.5 Å². The minimum atomic E-state index is 0.0332. The number of fused-ring (bicyclic) bond motifs is 1. The van der Waals surface area contributed by atoms with Crippen LogP contribution in [0.2, 0.25) is 0 Å². The van der Waals surface area contributed by atoms with E-state index in [1.54, 1.807) is 6.20 Å². The Bertz CT molecular complexity index is 715. The van der Waals surface area contributed by atoms with E-state index >= 15 is 0 Å². The third-order valence-electron chi connectivity index (χ3n) is 3.24. The molecule has 0 unspecified atom stereocenters. The van der Waals surface area contributed by atoms with Gasteiger partial charge in [-0.3, -0.25) is 4.98 Å². The number of pyridine rings is 1. The first-order valence-corrected chi connectivity index (χ1v) is 6.61. The predicted molar refractivity (Wildman–Crippen MR) is 80.9 cm³/mol. The fourth-order valence-corrected chi connectivity index (χ4v) is 2.13. The summed E-state index contributed by atoms with van der Waals surface area (Å²) in [5.41, 5.74) is 7.86. The van der Waals surface area contributed by atoms with Crippen molar-refractivity contribution < 1.29 is 4.74 Å². The molecule has 100 valence electrons. The summed E-state index contributed by atoms with van der Waals surface area (Å²) in [6.45, 7) is 1.96. The zero-order valence-electron chi connectivity index (χ0n) is 11.3. The molecule has 1 heterocycles. The fraction of sp³-hybridized carbons (Fsp3) is 0.118. The van der Waals surface area contributed by atoms with E-state index < -0.39 is 0 Å². The topological polar surface area (TPSA) is 48.1 Å². The Labute approximate surface area is 118 Å². The van der Waals surface area contributed by atoms with E-state index in [4.69, 9.17) is 10.5 Å². The van der Waals surface area contributed by atoms with E-state index in [2.05, 4.69) is 4.98 Å². The summed E-state index contributed by atoms with van der Waals surface area (Å²) in [5.74, 6) is 1.61. The Balaban J connectivity index is 1.93. The van der Waals surface area contributed by atoms with Crippen molar-refractivity contribution in [2.45, 2.75) is 13.0 Å². The van der Waals surface area contributed by atoms with E-state index in [1.165, 1.54) is 0 Å². The highest BCUT2D eigenvalue weighted by atomic mass is 16.5. The van der Waals surface area contributed by atoms with E-state index in [-0.39, 0.29) is 6.04 Å². The number of ether oxygens (including phenoxy) is 1. The van der Waals surface area contributed by atoms with Crippen LogP contribution in [0.25, 0.3) is 10.9 Å². The van der Waals surface area contributed by atoms with Gasteiger partial charge in [-0.1, -0.05) is 18.2 Å². The first-order chi connectivity index (χ1) is 9.74. The van der Waals surface area contributed by atoms with Crippen LogP contribution in [0.3, 0.4) is 0 Å². The predicted octanol–water partition coefficient (Wildman–Crippen LogP) is 4.05. The summed E-state index contributed by atoms with van der Waals surface area (Å²) in [6.07, 6.45) is 1.78. The molecule has 2 N–H and O–H groups in total. The van der Waals surface area contributed by atoms with Crippen LogP contribution in [-0.2, 0) is 0 Å². The molecule has 1 aromatic heterocycles. The number of hydrogen-bond acceptors (Lipinski definition) is 3. The molecular formula is C17H16N2O. The molecule has 3 aromatic rings. The molecule has 0 saturated heterocycles. The lowest BCUT2D eigenvalue weighted by Gasteiger charge is -2.10. The Hall–Kier alpha value is -2.39. The fourth-order valence-electron chi connectivity index (χ4n) is 2.13.